The van der Waals surface area contributed by atoms with Crippen LogP contribution in [0.1, 0.15) is 5.56 Å². The van der Waals surface area contributed by atoms with Crippen molar-refractivity contribution in [1.82, 2.24) is 0 Å². The topological polar surface area (TPSA) is 57.5 Å². The van der Waals surface area contributed by atoms with E-state index < -0.39 is 19.2 Å². The number of halogens is 2. The fourth-order valence-corrected chi connectivity index (χ4v) is 1.18. The highest BCUT2D eigenvalue weighted by atomic mass is 31.2. The molecule has 1 aromatic carbocycles. The minimum atomic E-state index is -4.34. The van der Waals surface area contributed by atoms with Crippen molar-refractivity contribution in [3.63, 3.8) is 0 Å². The van der Waals surface area contributed by atoms with Gasteiger partial charge >= 0.3 is 7.60 Å². The zero-order chi connectivity index (χ0) is 10.8. The minimum absolute atomic E-state index is 0.201. The van der Waals surface area contributed by atoms with Crippen molar-refractivity contribution in [2.24, 2.45) is 0 Å². The Morgan fingerprint density at radius 1 is 1.29 bits per heavy atom. The van der Waals surface area contributed by atoms with Crippen molar-refractivity contribution in [1.29, 1.82) is 0 Å². The molecular weight excluding hydrogens is 213 g/mol. The molecule has 0 aromatic heterocycles. The zero-order valence-electron chi connectivity index (χ0n) is 6.89. The molecule has 0 heterocycles. The molecule has 76 valence electrons. The summed E-state index contributed by atoms with van der Waals surface area (Å²) in [5.41, 5.74) is -0.201. The lowest BCUT2D eigenvalue weighted by Crippen LogP contribution is -1.86. The van der Waals surface area contributed by atoms with E-state index in [2.05, 4.69) is 0 Å². The second-order valence-electron chi connectivity index (χ2n) is 2.55. The first kappa shape index (κ1) is 11.0. The van der Waals surface area contributed by atoms with Gasteiger partial charge in [0.1, 0.15) is 0 Å². The molecule has 0 amide bonds. The maximum atomic E-state index is 12.9. The lowest BCUT2D eigenvalue weighted by atomic mass is 10.2. The Morgan fingerprint density at radius 2 is 1.93 bits per heavy atom. The molecule has 0 saturated heterocycles. The second kappa shape index (κ2) is 4.00. The summed E-state index contributed by atoms with van der Waals surface area (Å²) in [4.78, 5) is 16.9. The van der Waals surface area contributed by atoms with E-state index in [1.54, 1.807) is 0 Å². The summed E-state index contributed by atoms with van der Waals surface area (Å²) in [5.74, 6) is -1.67. The van der Waals surface area contributed by atoms with Crippen LogP contribution in [-0.2, 0) is 4.57 Å². The third kappa shape index (κ3) is 3.03. The number of benzene rings is 1. The highest BCUT2D eigenvalue weighted by Gasteiger charge is 2.08. The average molecular weight is 220 g/mol. The van der Waals surface area contributed by atoms with Crippen molar-refractivity contribution >= 4 is 13.7 Å². The fraction of sp³-hybridized carbons (Fsp3) is 0. The van der Waals surface area contributed by atoms with Gasteiger partial charge in [-0.15, -0.1) is 0 Å². The van der Waals surface area contributed by atoms with Gasteiger partial charge in [0.15, 0.2) is 11.6 Å². The minimum Gasteiger partial charge on any atom is -0.321 e. The molecule has 0 atom stereocenters. The van der Waals surface area contributed by atoms with Crippen LogP contribution in [0.4, 0.5) is 8.78 Å². The molecule has 0 saturated carbocycles. The maximum Gasteiger partial charge on any atom is 0.349 e. The van der Waals surface area contributed by atoms with Gasteiger partial charge in [-0.2, -0.15) is 0 Å². The largest absolute Gasteiger partial charge is 0.349 e. The lowest BCUT2D eigenvalue weighted by molar-refractivity contribution is 0.386. The molecule has 0 radical (unpaired) electrons. The molecule has 6 heteroatoms. The van der Waals surface area contributed by atoms with E-state index in [1.165, 1.54) is 12.1 Å². The van der Waals surface area contributed by atoms with E-state index in [1.807, 2.05) is 0 Å². The molecule has 0 aliphatic rings. The van der Waals surface area contributed by atoms with Crippen LogP contribution in [0.15, 0.2) is 24.0 Å². The molecule has 0 aliphatic carbocycles. The normalized spacial score (nSPS) is 12.3. The fourth-order valence-electron chi connectivity index (χ4n) is 0.827. The van der Waals surface area contributed by atoms with Crippen LogP contribution in [0.5, 0.6) is 0 Å². The van der Waals surface area contributed by atoms with Gasteiger partial charge in [0.05, 0.1) is 0 Å². The molecule has 1 rings (SSSR count). The van der Waals surface area contributed by atoms with Crippen LogP contribution >= 0.6 is 7.60 Å². The van der Waals surface area contributed by atoms with Crippen LogP contribution in [0, 0.1) is 11.6 Å². The second-order valence-corrected chi connectivity index (χ2v) is 4.02. The third-order valence-electron chi connectivity index (χ3n) is 1.43. The first-order valence-electron chi connectivity index (χ1n) is 3.58. The molecule has 1 aromatic rings. The van der Waals surface area contributed by atoms with Crippen LogP contribution in [0.25, 0.3) is 6.08 Å². The van der Waals surface area contributed by atoms with E-state index in [9.17, 15) is 13.3 Å². The lowest BCUT2D eigenvalue weighted by Gasteiger charge is -1.98. The van der Waals surface area contributed by atoms with Gasteiger partial charge in [0.25, 0.3) is 0 Å². The molecule has 2 N–H and O–H groups in total. The summed E-state index contributed by atoms with van der Waals surface area (Å²) in [5, 5.41) is 0. The molecule has 0 spiro atoms. The predicted molar refractivity (Wildman–Crippen MR) is 47.4 cm³/mol. The van der Waals surface area contributed by atoms with Crippen molar-refractivity contribution in [3.05, 3.63) is 41.2 Å². The summed E-state index contributed by atoms with van der Waals surface area (Å²) >= 11 is 0. The predicted octanol–water partition coefficient (Wildman–Crippen LogP) is 2.11. The molecular formula is C8H7F2O3P. The molecule has 0 fully saturated rings. The Balaban J connectivity index is 3.04. The van der Waals surface area contributed by atoms with Crippen LogP contribution in [0.3, 0.4) is 0 Å². The maximum absolute atomic E-state index is 12.9. The number of rotatable bonds is 2. The van der Waals surface area contributed by atoms with Crippen molar-refractivity contribution in [3.8, 4) is 0 Å². The summed E-state index contributed by atoms with van der Waals surface area (Å²) in [6, 6.07) is 3.38. The number of hydrogen-bond acceptors (Lipinski definition) is 1. The monoisotopic (exact) mass is 220 g/mol. The molecule has 0 bridgehead atoms. The Hall–Kier alpha value is -1.03. The van der Waals surface area contributed by atoms with Gasteiger partial charge in [0, 0.05) is 11.4 Å². The summed E-state index contributed by atoms with van der Waals surface area (Å²) in [7, 11) is -4.34. The van der Waals surface area contributed by atoms with Gasteiger partial charge in [-0.1, -0.05) is 12.1 Å². The molecule has 3 nitrogen and oxygen atoms in total. The van der Waals surface area contributed by atoms with Gasteiger partial charge in [0.2, 0.25) is 0 Å². The van der Waals surface area contributed by atoms with Crippen LogP contribution < -0.4 is 0 Å². The smallest absolute Gasteiger partial charge is 0.321 e. The van der Waals surface area contributed by atoms with Crippen molar-refractivity contribution in [2.45, 2.75) is 0 Å². The summed E-state index contributed by atoms with van der Waals surface area (Å²) in [6.45, 7) is 0. The molecule has 0 aliphatic heterocycles. The summed E-state index contributed by atoms with van der Waals surface area (Å²) in [6.07, 6.45) is 0.846. The van der Waals surface area contributed by atoms with E-state index >= 15 is 0 Å². The van der Waals surface area contributed by atoms with Gasteiger partial charge in [-0.25, -0.2) is 8.78 Å². The molecule has 14 heavy (non-hydrogen) atoms. The Labute approximate surface area is 78.9 Å². The zero-order valence-corrected chi connectivity index (χ0v) is 7.79. The standard InChI is InChI=1S/C8H7F2O3P/c9-7-3-1-2-6(8(7)10)4-5-14(11,12)13/h1-5H,(H2,11,12,13)/b5-4+. The molecule has 0 unspecified atom stereocenters. The van der Waals surface area contributed by atoms with Gasteiger partial charge in [-0.05, 0) is 12.1 Å². The quantitative estimate of drug-likeness (QED) is 0.750. The Bertz CT molecular complexity index is 411. The summed E-state index contributed by atoms with van der Waals surface area (Å²) < 4.78 is 35.9. The van der Waals surface area contributed by atoms with Gasteiger partial charge < -0.3 is 9.79 Å². The third-order valence-corrected chi connectivity index (χ3v) is 1.97. The highest BCUT2D eigenvalue weighted by Crippen LogP contribution is 2.37. The van der Waals surface area contributed by atoms with Crippen molar-refractivity contribution < 1.29 is 23.1 Å². The van der Waals surface area contributed by atoms with Crippen molar-refractivity contribution in [2.75, 3.05) is 0 Å². The first-order chi connectivity index (χ1) is 6.40. The van der Waals surface area contributed by atoms with E-state index in [0.29, 0.717) is 5.82 Å². The van der Waals surface area contributed by atoms with Gasteiger partial charge in [-0.3, -0.25) is 4.57 Å². The van der Waals surface area contributed by atoms with E-state index in [4.69, 9.17) is 9.79 Å². The van der Waals surface area contributed by atoms with E-state index in [0.717, 1.165) is 12.1 Å². The number of hydrogen-bond donors (Lipinski definition) is 2. The first-order valence-corrected chi connectivity index (χ1v) is 5.27. The van der Waals surface area contributed by atoms with Crippen LogP contribution in [-0.4, -0.2) is 9.79 Å². The van der Waals surface area contributed by atoms with Crippen LogP contribution in [0.2, 0.25) is 0 Å². The highest BCUT2D eigenvalue weighted by molar-refractivity contribution is 7.55. The Morgan fingerprint density at radius 3 is 2.50 bits per heavy atom. The average Bonchev–Trinajstić information content (AvgIpc) is 2.06. The SMILES string of the molecule is O=P(O)(O)/C=C/c1cccc(F)c1F. The van der Waals surface area contributed by atoms with E-state index in [-0.39, 0.29) is 5.56 Å². The Kier molecular flexibility index (Phi) is 3.16.